The van der Waals surface area contributed by atoms with E-state index in [2.05, 4.69) is 0 Å². The van der Waals surface area contributed by atoms with Crippen LogP contribution in [-0.2, 0) is 0 Å². The van der Waals surface area contributed by atoms with Crippen LogP contribution in [0.5, 0.6) is 0 Å². The van der Waals surface area contributed by atoms with Crippen LogP contribution < -0.4 is 0 Å². The maximum absolute atomic E-state index is 8.34. The summed E-state index contributed by atoms with van der Waals surface area (Å²) >= 11 is 0. The Balaban J connectivity index is 2.49. The molecule has 8 heavy (non-hydrogen) atoms. The van der Waals surface area contributed by atoms with Crippen LogP contribution in [0.3, 0.4) is 0 Å². The van der Waals surface area contributed by atoms with Crippen molar-refractivity contribution in [2.75, 3.05) is 0 Å². The van der Waals surface area contributed by atoms with Crippen molar-refractivity contribution in [2.45, 2.75) is 6.04 Å². The third kappa shape index (κ3) is 0.949. The summed E-state index contributed by atoms with van der Waals surface area (Å²) in [6, 6.07) is -0.352. The second-order valence-electron chi connectivity index (χ2n) is 1.58. The molecule has 0 radical (unpaired) electrons. The Hall–Kier alpha value is -0.640. The van der Waals surface area contributed by atoms with Gasteiger partial charge in [-0.3, -0.25) is 10.4 Å². The molecular formula is C5H7NO2. The van der Waals surface area contributed by atoms with Crippen LogP contribution in [0.4, 0.5) is 0 Å². The summed E-state index contributed by atoms with van der Waals surface area (Å²) in [4.78, 5) is 0. The molecule has 0 heterocycles. The van der Waals surface area contributed by atoms with Gasteiger partial charge >= 0.3 is 0 Å². The molecule has 2 N–H and O–H groups in total. The number of nitrogens with zero attached hydrogens (tertiary/aromatic N) is 1. The summed E-state index contributed by atoms with van der Waals surface area (Å²) < 4.78 is 0. The molecule has 0 unspecified atom stereocenters. The van der Waals surface area contributed by atoms with Gasteiger partial charge in [0, 0.05) is 0 Å². The van der Waals surface area contributed by atoms with Gasteiger partial charge in [-0.1, -0.05) is 29.5 Å². The molecule has 44 valence electrons. The highest BCUT2D eigenvalue weighted by atomic mass is 16.8. The number of rotatable bonds is 1. The van der Waals surface area contributed by atoms with Crippen LogP contribution in [0, 0.1) is 0 Å². The SMILES string of the molecule is ON(O)C1C=CC=C1. The minimum absolute atomic E-state index is 0.167. The van der Waals surface area contributed by atoms with Gasteiger partial charge in [0.15, 0.2) is 0 Å². The predicted molar refractivity (Wildman–Crippen MR) is 27.5 cm³/mol. The van der Waals surface area contributed by atoms with E-state index in [0.29, 0.717) is 0 Å². The summed E-state index contributed by atoms with van der Waals surface area (Å²) in [6.45, 7) is 0. The molecule has 0 amide bonds. The second-order valence-corrected chi connectivity index (χ2v) is 1.58. The first-order valence-corrected chi connectivity index (χ1v) is 2.32. The zero-order chi connectivity index (χ0) is 5.98. The van der Waals surface area contributed by atoms with Crippen molar-refractivity contribution < 1.29 is 10.4 Å². The normalized spacial score (nSPS) is 18.9. The highest BCUT2D eigenvalue weighted by Crippen LogP contribution is 2.03. The van der Waals surface area contributed by atoms with Crippen LogP contribution in [-0.4, -0.2) is 21.7 Å². The third-order valence-corrected chi connectivity index (χ3v) is 0.994. The highest BCUT2D eigenvalue weighted by molar-refractivity contribution is 5.20. The van der Waals surface area contributed by atoms with Crippen LogP contribution in [0.15, 0.2) is 24.3 Å². The van der Waals surface area contributed by atoms with Crippen molar-refractivity contribution in [3.05, 3.63) is 24.3 Å². The molecule has 0 saturated carbocycles. The molecule has 0 aromatic carbocycles. The first-order chi connectivity index (χ1) is 3.80. The molecular weight excluding hydrogens is 106 g/mol. The molecule has 0 bridgehead atoms. The monoisotopic (exact) mass is 113 g/mol. The van der Waals surface area contributed by atoms with Crippen molar-refractivity contribution in [1.29, 1.82) is 0 Å². The minimum atomic E-state index is -0.352. The van der Waals surface area contributed by atoms with Gasteiger partial charge in [0.1, 0.15) is 0 Å². The fourth-order valence-corrected chi connectivity index (χ4v) is 0.574. The molecule has 0 saturated heterocycles. The van der Waals surface area contributed by atoms with Crippen LogP contribution in [0.25, 0.3) is 0 Å². The Morgan fingerprint density at radius 1 is 1.12 bits per heavy atom. The molecule has 0 atom stereocenters. The zero-order valence-electron chi connectivity index (χ0n) is 4.23. The number of hydrogen-bond acceptors (Lipinski definition) is 3. The number of allylic oxidation sites excluding steroid dienone is 2. The average molecular weight is 113 g/mol. The molecule has 0 fully saturated rings. The van der Waals surface area contributed by atoms with Gasteiger partial charge in [0.25, 0.3) is 0 Å². The van der Waals surface area contributed by atoms with Gasteiger partial charge in [-0.25, -0.2) is 0 Å². The topological polar surface area (TPSA) is 43.7 Å². The molecule has 1 aliphatic carbocycles. The number of hydroxylamine groups is 2. The molecule has 3 nitrogen and oxygen atoms in total. The van der Waals surface area contributed by atoms with Crippen molar-refractivity contribution >= 4 is 0 Å². The van der Waals surface area contributed by atoms with E-state index >= 15 is 0 Å². The summed E-state index contributed by atoms with van der Waals surface area (Å²) in [5, 5.41) is 16.8. The van der Waals surface area contributed by atoms with Crippen molar-refractivity contribution in [3.63, 3.8) is 0 Å². The Bertz CT molecular complexity index is 116. The third-order valence-electron chi connectivity index (χ3n) is 0.994. The lowest BCUT2D eigenvalue weighted by Crippen LogP contribution is -2.23. The molecule has 3 heteroatoms. The van der Waals surface area contributed by atoms with Crippen LogP contribution in [0.2, 0.25) is 0 Å². The maximum atomic E-state index is 8.34. The van der Waals surface area contributed by atoms with Crippen molar-refractivity contribution in [3.8, 4) is 0 Å². The fraction of sp³-hybridized carbons (Fsp3) is 0.200. The number of hydrogen-bond donors (Lipinski definition) is 2. The Labute approximate surface area is 47.1 Å². The first-order valence-electron chi connectivity index (χ1n) is 2.32. The summed E-state index contributed by atoms with van der Waals surface area (Å²) in [5.74, 6) is 0. The van der Waals surface area contributed by atoms with E-state index in [4.69, 9.17) is 10.4 Å². The molecule has 1 aliphatic rings. The Morgan fingerprint density at radius 3 is 1.88 bits per heavy atom. The van der Waals surface area contributed by atoms with E-state index in [1.807, 2.05) is 0 Å². The standard InChI is InChI=1S/C5H7NO2/c7-6(8)5-3-1-2-4-5/h1-5,7-8H. The summed E-state index contributed by atoms with van der Waals surface area (Å²) in [6.07, 6.45) is 6.84. The van der Waals surface area contributed by atoms with E-state index in [9.17, 15) is 0 Å². The summed E-state index contributed by atoms with van der Waals surface area (Å²) in [7, 11) is 0. The maximum Gasteiger partial charge on any atom is 0.0991 e. The smallest absolute Gasteiger partial charge is 0.0991 e. The lowest BCUT2D eigenvalue weighted by Gasteiger charge is -2.08. The van der Waals surface area contributed by atoms with Crippen LogP contribution in [0.1, 0.15) is 0 Å². The first kappa shape index (κ1) is 5.50. The van der Waals surface area contributed by atoms with Crippen molar-refractivity contribution in [2.24, 2.45) is 0 Å². The van der Waals surface area contributed by atoms with Gasteiger partial charge in [-0.15, -0.1) is 0 Å². The van der Waals surface area contributed by atoms with Gasteiger partial charge in [-0.05, 0) is 0 Å². The lowest BCUT2D eigenvalue weighted by molar-refractivity contribution is -0.314. The minimum Gasteiger partial charge on any atom is -0.289 e. The van der Waals surface area contributed by atoms with Gasteiger partial charge < -0.3 is 0 Å². The van der Waals surface area contributed by atoms with E-state index in [1.165, 1.54) is 0 Å². The van der Waals surface area contributed by atoms with E-state index < -0.39 is 0 Å². The molecule has 0 spiro atoms. The predicted octanol–water partition coefficient (Wildman–Crippen LogP) is 0.561. The summed E-state index contributed by atoms with van der Waals surface area (Å²) in [5.41, 5.74) is 0. The van der Waals surface area contributed by atoms with Gasteiger partial charge in [0.05, 0.1) is 6.04 Å². The van der Waals surface area contributed by atoms with Crippen LogP contribution >= 0.6 is 0 Å². The van der Waals surface area contributed by atoms with E-state index in [-0.39, 0.29) is 11.3 Å². The quantitative estimate of drug-likeness (QED) is 0.488. The average Bonchev–Trinajstić information content (AvgIpc) is 2.12. The molecule has 0 aromatic rings. The Kier molecular flexibility index (Phi) is 1.43. The molecule has 1 rings (SSSR count). The Morgan fingerprint density at radius 2 is 1.62 bits per heavy atom. The van der Waals surface area contributed by atoms with Gasteiger partial charge in [0.2, 0.25) is 0 Å². The van der Waals surface area contributed by atoms with Crippen molar-refractivity contribution in [1.82, 2.24) is 5.23 Å². The van der Waals surface area contributed by atoms with E-state index in [0.717, 1.165) is 0 Å². The zero-order valence-corrected chi connectivity index (χ0v) is 4.23. The molecule has 0 aliphatic heterocycles. The molecule has 0 aromatic heterocycles. The largest absolute Gasteiger partial charge is 0.289 e. The lowest BCUT2D eigenvalue weighted by atomic mass is 10.4. The second kappa shape index (κ2) is 2.09. The highest BCUT2D eigenvalue weighted by Gasteiger charge is 2.07. The van der Waals surface area contributed by atoms with Gasteiger partial charge in [-0.2, -0.15) is 0 Å². The fourth-order valence-electron chi connectivity index (χ4n) is 0.574. The van der Waals surface area contributed by atoms with E-state index in [1.54, 1.807) is 24.3 Å².